The van der Waals surface area contributed by atoms with Crippen molar-refractivity contribution >= 4 is 29.5 Å². The predicted molar refractivity (Wildman–Crippen MR) is 78.8 cm³/mol. The topological polar surface area (TPSA) is 83.4 Å². The minimum atomic E-state index is -0.995. The highest BCUT2D eigenvalue weighted by atomic mass is 32.1. The Balaban J connectivity index is 2.07. The highest BCUT2D eigenvalue weighted by molar-refractivity contribution is 7.07. The van der Waals surface area contributed by atoms with E-state index in [1.165, 1.54) is 12.3 Å². The monoisotopic (exact) mass is 303 g/mol. The van der Waals surface area contributed by atoms with E-state index in [0.717, 1.165) is 28.7 Å². The van der Waals surface area contributed by atoms with Gasteiger partial charge in [-0.25, -0.2) is 4.79 Å². The molecule has 0 aliphatic heterocycles. The fraction of sp³-hybridized carbons (Fsp3) is 0.143. The number of nitrogens with zero attached hydrogens (tertiary/aromatic N) is 3. The zero-order valence-electron chi connectivity index (χ0n) is 11.3. The van der Waals surface area contributed by atoms with Crippen molar-refractivity contribution in [3.63, 3.8) is 0 Å². The summed E-state index contributed by atoms with van der Waals surface area (Å²) in [6, 6.07) is 7.35. The van der Waals surface area contributed by atoms with Crippen LogP contribution in [0.15, 0.2) is 36.5 Å². The van der Waals surface area contributed by atoms with Crippen molar-refractivity contribution in [1.29, 1.82) is 0 Å². The molecule has 1 amide bonds. The van der Waals surface area contributed by atoms with Crippen LogP contribution in [-0.2, 0) is 11.3 Å². The molecule has 2 aromatic rings. The number of hydrogen-bond acceptors (Lipinski definition) is 5. The summed E-state index contributed by atoms with van der Waals surface area (Å²) in [5, 5.41) is 12.3. The summed E-state index contributed by atoms with van der Waals surface area (Å²) in [5.74, 6) is -1.14. The Kier molecular flexibility index (Phi) is 4.78. The highest BCUT2D eigenvalue weighted by Gasteiger charge is 2.14. The molecule has 1 heterocycles. The van der Waals surface area contributed by atoms with Crippen LogP contribution in [0.1, 0.15) is 20.8 Å². The van der Waals surface area contributed by atoms with Gasteiger partial charge >= 0.3 is 5.97 Å². The van der Waals surface area contributed by atoms with Gasteiger partial charge in [0.2, 0.25) is 0 Å². The van der Waals surface area contributed by atoms with Crippen molar-refractivity contribution < 1.29 is 14.7 Å². The van der Waals surface area contributed by atoms with Gasteiger partial charge in [-0.15, -0.1) is 5.10 Å². The van der Waals surface area contributed by atoms with Gasteiger partial charge in [-0.2, -0.15) is 0 Å². The van der Waals surface area contributed by atoms with Crippen molar-refractivity contribution in [2.45, 2.75) is 6.54 Å². The summed E-state index contributed by atoms with van der Waals surface area (Å²) in [4.78, 5) is 24.6. The quantitative estimate of drug-likeness (QED) is 0.853. The second-order valence-electron chi connectivity index (χ2n) is 4.36. The first-order valence-corrected chi connectivity index (χ1v) is 6.86. The van der Waals surface area contributed by atoms with Gasteiger partial charge in [0.15, 0.2) is 0 Å². The van der Waals surface area contributed by atoms with Gasteiger partial charge in [0.05, 0.1) is 6.20 Å². The second-order valence-corrected chi connectivity index (χ2v) is 5.15. The molecular formula is C14H13N3O3S. The lowest BCUT2D eigenvalue weighted by molar-refractivity contribution is -0.131. The number of carboxylic acid groups (broad SMARTS) is 1. The second kappa shape index (κ2) is 6.76. The summed E-state index contributed by atoms with van der Waals surface area (Å²) in [6.07, 6.45) is 4.03. The standard InChI is InChI=1S/C14H13N3O3S/c1-17(14(20)12-8-15-16-21-12)9-11-4-2-3-10(7-11)5-6-13(18)19/h2-8H,9H2,1H3,(H,18,19). The third-order valence-electron chi connectivity index (χ3n) is 2.71. The molecule has 0 unspecified atom stereocenters. The lowest BCUT2D eigenvalue weighted by atomic mass is 10.1. The average Bonchev–Trinajstić information content (AvgIpc) is 2.98. The zero-order chi connectivity index (χ0) is 15.2. The smallest absolute Gasteiger partial charge is 0.328 e. The van der Waals surface area contributed by atoms with Crippen LogP contribution in [0.3, 0.4) is 0 Å². The maximum Gasteiger partial charge on any atom is 0.328 e. The maximum atomic E-state index is 12.1. The summed E-state index contributed by atoms with van der Waals surface area (Å²) in [6.45, 7) is 0.422. The highest BCUT2D eigenvalue weighted by Crippen LogP contribution is 2.12. The molecule has 0 aliphatic carbocycles. The minimum absolute atomic E-state index is 0.142. The molecule has 1 aromatic carbocycles. The number of carbonyl (C=O) groups excluding carboxylic acids is 1. The maximum absolute atomic E-state index is 12.1. The molecule has 0 saturated carbocycles. The summed E-state index contributed by atoms with van der Waals surface area (Å²) in [5.41, 5.74) is 1.69. The number of aromatic nitrogens is 2. The normalized spacial score (nSPS) is 10.7. The number of carboxylic acids is 1. The van der Waals surface area contributed by atoms with Crippen molar-refractivity contribution in [1.82, 2.24) is 14.5 Å². The van der Waals surface area contributed by atoms with Gasteiger partial charge in [-0.3, -0.25) is 4.79 Å². The van der Waals surface area contributed by atoms with Crippen molar-refractivity contribution in [3.05, 3.63) is 52.5 Å². The molecule has 0 saturated heterocycles. The fourth-order valence-corrected chi connectivity index (χ4v) is 2.27. The number of benzene rings is 1. The SMILES string of the molecule is CN(Cc1cccc(C=CC(=O)O)c1)C(=O)c1cnns1. The minimum Gasteiger partial charge on any atom is -0.478 e. The lowest BCUT2D eigenvalue weighted by Gasteiger charge is -2.16. The Bertz CT molecular complexity index is 668. The van der Waals surface area contributed by atoms with E-state index in [1.54, 1.807) is 18.0 Å². The van der Waals surface area contributed by atoms with Crippen LogP contribution in [0, 0.1) is 0 Å². The molecule has 0 spiro atoms. The van der Waals surface area contributed by atoms with Crippen LogP contribution in [0.4, 0.5) is 0 Å². The number of carbonyl (C=O) groups is 2. The van der Waals surface area contributed by atoms with E-state index in [2.05, 4.69) is 9.59 Å². The molecule has 1 N–H and O–H groups in total. The molecule has 1 aromatic heterocycles. The number of rotatable bonds is 5. The Labute approximate surface area is 125 Å². The molecule has 0 aliphatic rings. The van der Waals surface area contributed by atoms with Crippen LogP contribution >= 0.6 is 11.5 Å². The van der Waals surface area contributed by atoms with E-state index in [4.69, 9.17) is 5.11 Å². The lowest BCUT2D eigenvalue weighted by Crippen LogP contribution is -2.25. The van der Waals surface area contributed by atoms with Crippen LogP contribution in [0.2, 0.25) is 0 Å². The van der Waals surface area contributed by atoms with Crippen LogP contribution in [-0.4, -0.2) is 38.5 Å². The summed E-state index contributed by atoms with van der Waals surface area (Å²) < 4.78 is 3.67. The zero-order valence-corrected chi connectivity index (χ0v) is 12.1. The predicted octanol–water partition coefficient (Wildman–Crippen LogP) is 1.91. The number of hydrogen-bond donors (Lipinski definition) is 1. The molecule has 7 heteroatoms. The van der Waals surface area contributed by atoms with Crippen molar-refractivity contribution in [2.75, 3.05) is 7.05 Å². The van der Waals surface area contributed by atoms with Gasteiger partial charge in [-0.05, 0) is 34.8 Å². The molecule has 21 heavy (non-hydrogen) atoms. The van der Waals surface area contributed by atoms with E-state index in [-0.39, 0.29) is 5.91 Å². The van der Waals surface area contributed by atoms with Crippen LogP contribution in [0.5, 0.6) is 0 Å². The first-order valence-electron chi connectivity index (χ1n) is 6.09. The van der Waals surface area contributed by atoms with E-state index < -0.39 is 5.97 Å². The van der Waals surface area contributed by atoms with E-state index in [1.807, 2.05) is 18.2 Å². The van der Waals surface area contributed by atoms with Gasteiger partial charge in [-0.1, -0.05) is 22.7 Å². The average molecular weight is 303 g/mol. The molecular weight excluding hydrogens is 290 g/mol. The van der Waals surface area contributed by atoms with Crippen molar-refractivity contribution in [3.8, 4) is 0 Å². The number of amides is 1. The largest absolute Gasteiger partial charge is 0.478 e. The number of aliphatic carboxylic acids is 1. The van der Waals surface area contributed by atoms with Crippen LogP contribution in [0.25, 0.3) is 6.08 Å². The van der Waals surface area contributed by atoms with Crippen LogP contribution < -0.4 is 0 Å². The molecule has 0 atom stereocenters. The molecule has 0 bridgehead atoms. The molecule has 0 radical (unpaired) electrons. The molecule has 108 valence electrons. The first kappa shape index (κ1) is 14.9. The van der Waals surface area contributed by atoms with Gasteiger partial charge in [0, 0.05) is 19.7 Å². The van der Waals surface area contributed by atoms with E-state index >= 15 is 0 Å². The Morgan fingerprint density at radius 3 is 2.90 bits per heavy atom. The molecule has 6 nitrogen and oxygen atoms in total. The van der Waals surface area contributed by atoms with Gasteiger partial charge < -0.3 is 10.0 Å². The Morgan fingerprint density at radius 2 is 2.24 bits per heavy atom. The third kappa shape index (κ3) is 4.22. The summed E-state index contributed by atoms with van der Waals surface area (Å²) in [7, 11) is 1.70. The Hall–Kier alpha value is -2.54. The fourth-order valence-electron chi connectivity index (χ4n) is 1.76. The van der Waals surface area contributed by atoms with Crippen molar-refractivity contribution in [2.24, 2.45) is 0 Å². The molecule has 0 fully saturated rings. The third-order valence-corrected chi connectivity index (χ3v) is 3.36. The van der Waals surface area contributed by atoms with E-state index in [9.17, 15) is 9.59 Å². The first-order chi connectivity index (χ1) is 10.1. The van der Waals surface area contributed by atoms with Gasteiger partial charge in [0.25, 0.3) is 5.91 Å². The Morgan fingerprint density at radius 1 is 1.43 bits per heavy atom. The van der Waals surface area contributed by atoms with Gasteiger partial charge in [0.1, 0.15) is 4.88 Å². The molecule has 2 rings (SSSR count). The summed E-state index contributed by atoms with van der Waals surface area (Å²) >= 11 is 1.06. The van der Waals surface area contributed by atoms with E-state index in [0.29, 0.717) is 11.4 Å².